The first kappa shape index (κ1) is 12.1. The van der Waals surface area contributed by atoms with Crippen molar-refractivity contribution >= 4 is 5.69 Å². The maximum absolute atomic E-state index is 5.69. The van der Waals surface area contributed by atoms with E-state index in [1.807, 2.05) is 6.92 Å². The van der Waals surface area contributed by atoms with Crippen molar-refractivity contribution in [3.8, 4) is 0 Å². The molecule has 0 saturated heterocycles. The highest BCUT2D eigenvalue weighted by Crippen LogP contribution is 2.22. The molecule has 0 aliphatic heterocycles. The number of nitrogens with one attached hydrogen (secondary N) is 1. The fourth-order valence-corrected chi connectivity index (χ4v) is 1.71. The molecule has 0 spiro atoms. The van der Waals surface area contributed by atoms with Crippen LogP contribution >= 0.6 is 0 Å². The van der Waals surface area contributed by atoms with E-state index in [0.717, 1.165) is 12.2 Å². The van der Waals surface area contributed by atoms with Crippen molar-refractivity contribution in [2.45, 2.75) is 39.7 Å². The highest BCUT2D eigenvalue weighted by Gasteiger charge is 2.04. The highest BCUT2D eigenvalue weighted by atomic mass is 14.9. The molecule has 15 heavy (non-hydrogen) atoms. The molecule has 1 aromatic rings. The number of aryl methyl sites for hydroxylation is 1. The molecule has 2 heteroatoms. The zero-order valence-electron chi connectivity index (χ0n) is 10.2. The molecule has 0 aliphatic carbocycles. The molecule has 0 fully saturated rings. The normalized spacial score (nSPS) is 12.9. The quantitative estimate of drug-likeness (QED) is 0.795. The van der Waals surface area contributed by atoms with Gasteiger partial charge >= 0.3 is 0 Å². The van der Waals surface area contributed by atoms with Gasteiger partial charge in [-0.3, -0.25) is 0 Å². The van der Waals surface area contributed by atoms with Gasteiger partial charge in [0.05, 0.1) is 0 Å². The van der Waals surface area contributed by atoms with E-state index in [4.69, 9.17) is 5.73 Å². The predicted molar refractivity (Wildman–Crippen MR) is 67.4 cm³/mol. The van der Waals surface area contributed by atoms with Gasteiger partial charge in [0.2, 0.25) is 0 Å². The summed E-state index contributed by atoms with van der Waals surface area (Å²) in [6, 6.07) is 6.71. The average molecular weight is 206 g/mol. The van der Waals surface area contributed by atoms with Crippen molar-refractivity contribution in [3.05, 3.63) is 29.3 Å². The monoisotopic (exact) mass is 206 g/mol. The second-order valence-electron chi connectivity index (χ2n) is 4.58. The van der Waals surface area contributed by atoms with Crippen LogP contribution in [-0.4, -0.2) is 12.6 Å². The van der Waals surface area contributed by atoms with Gasteiger partial charge < -0.3 is 11.1 Å². The van der Waals surface area contributed by atoms with Crippen LogP contribution < -0.4 is 11.1 Å². The molecule has 0 amide bonds. The summed E-state index contributed by atoms with van der Waals surface area (Å²) in [5, 5.41) is 3.33. The van der Waals surface area contributed by atoms with Gasteiger partial charge in [-0.15, -0.1) is 0 Å². The van der Waals surface area contributed by atoms with Gasteiger partial charge in [-0.1, -0.05) is 19.9 Å². The van der Waals surface area contributed by atoms with Crippen molar-refractivity contribution < 1.29 is 0 Å². The Labute approximate surface area is 92.9 Å². The zero-order chi connectivity index (χ0) is 11.4. The van der Waals surface area contributed by atoms with Gasteiger partial charge in [-0.2, -0.15) is 0 Å². The standard InChI is InChI=1S/C13H22N2/c1-9(2)13-6-5-12(7-10(13)3)15-8-11(4)14/h5-7,9,11,15H,8,14H2,1-4H3. The number of benzene rings is 1. The first-order chi connectivity index (χ1) is 7.00. The van der Waals surface area contributed by atoms with Gasteiger partial charge in [0.1, 0.15) is 0 Å². The molecular formula is C13H22N2. The maximum Gasteiger partial charge on any atom is 0.0343 e. The van der Waals surface area contributed by atoms with Crippen LogP contribution in [0.25, 0.3) is 0 Å². The van der Waals surface area contributed by atoms with Crippen LogP contribution in [0.3, 0.4) is 0 Å². The maximum atomic E-state index is 5.69. The summed E-state index contributed by atoms with van der Waals surface area (Å²) in [6.07, 6.45) is 0. The van der Waals surface area contributed by atoms with Crippen LogP contribution in [-0.2, 0) is 0 Å². The molecule has 0 radical (unpaired) electrons. The minimum atomic E-state index is 0.190. The molecule has 2 nitrogen and oxygen atoms in total. The summed E-state index contributed by atoms with van der Waals surface area (Å²) in [6.45, 7) is 9.42. The topological polar surface area (TPSA) is 38.0 Å². The molecule has 1 atom stereocenters. The Morgan fingerprint density at radius 2 is 1.93 bits per heavy atom. The van der Waals surface area contributed by atoms with Gasteiger partial charge in [-0.05, 0) is 43.0 Å². The molecule has 1 aromatic carbocycles. The highest BCUT2D eigenvalue weighted by molar-refractivity contribution is 5.49. The largest absolute Gasteiger partial charge is 0.383 e. The minimum absolute atomic E-state index is 0.190. The van der Waals surface area contributed by atoms with Gasteiger partial charge in [0.25, 0.3) is 0 Å². The van der Waals surface area contributed by atoms with E-state index < -0.39 is 0 Å². The molecular weight excluding hydrogens is 184 g/mol. The Balaban J connectivity index is 2.73. The number of hydrogen-bond acceptors (Lipinski definition) is 2. The minimum Gasteiger partial charge on any atom is -0.383 e. The van der Waals surface area contributed by atoms with E-state index in [2.05, 4.69) is 44.3 Å². The molecule has 0 bridgehead atoms. The van der Waals surface area contributed by atoms with Crippen molar-refractivity contribution in [1.82, 2.24) is 0 Å². The first-order valence-corrected chi connectivity index (χ1v) is 5.60. The SMILES string of the molecule is Cc1cc(NCC(C)N)ccc1C(C)C. The third-order valence-corrected chi connectivity index (χ3v) is 2.52. The van der Waals surface area contributed by atoms with Crippen molar-refractivity contribution in [2.24, 2.45) is 5.73 Å². The lowest BCUT2D eigenvalue weighted by molar-refractivity contribution is 0.779. The van der Waals surface area contributed by atoms with E-state index in [1.165, 1.54) is 11.1 Å². The predicted octanol–water partition coefficient (Wildman–Crippen LogP) is 2.88. The summed E-state index contributed by atoms with van der Waals surface area (Å²) in [5.74, 6) is 0.590. The second kappa shape index (κ2) is 5.17. The fraction of sp³-hybridized carbons (Fsp3) is 0.538. The van der Waals surface area contributed by atoms with Crippen LogP contribution in [0.2, 0.25) is 0 Å². The van der Waals surface area contributed by atoms with Crippen LogP contribution in [0.1, 0.15) is 37.8 Å². The molecule has 3 N–H and O–H groups in total. The third kappa shape index (κ3) is 3.56. The van der Waals surface area contributed by atoms with Crippen LogP contribution in [0.4, 0.5) is 5.69 Å². The van der Waals surface area contributed by atoms with Crippen molar-refractivity contribution in [2.75, 3.05) is 11.9 Å². The fourth-order valence-electron chi connectivity index (χ4n) is 1.71. The summed E-state index contributed by atoms with van der Waals surface area (Å²) in [4.78, 5) is 0. The molecule has 0 saturated carbocycles. The zero-order valence-corrected chi connectivity index (χ0v) is 10.2. The number of rotatable bonds is 4. The van der Waals surface area contributed by atoms with Crippen molar-refractivity contribution in [1.29, 1.82) is 0 Å². The number of anilines is 1. The molecule has 0 aromatic heterocycles. The van der Waals surface area contributed by atoms with E-state index >= 15 is 0 Å². The Kier molecular flexibility index (Phi) is 4.15. The van der Waals surface area contributed by atoms with Crippen LogP contribution in [0, 0.1) is 6.92 Å². The van der Waals surface area contributed by atoms with Crippen LogP contribution in [0.5, 0.6) is 0 Å². The van der Waals surface area contributed by atoms with Gasteiger partial charge in [0.15, 0.2) is 0 Å². The Bertz CT molecular complexity index is 316. The van der Waals surface area contributed by atoms with E-state index in [1.54, 1.807) is 0 Å². The van der Waals surface area contributed by atoms with E-state index in [0.29, 0.717) is 5.92 Å². The Hall–Kier alpha value is -1.02. The Morgan fingerprint density at radius 3 is 2.40 bits per heavy atom. The average Bonchev–Trinajstić information content (AvgIpc) is 2.14. The molecule has 84 valence electrons. The lowest BCUT2D eigenvalue weighted by Crippen LogP contribution is -2.25. The molecule has 1 rings (SSSR count). The summed E-state index contributed by atoms with van der Waals surface area (Å²) >= 11 is 0. The smallest absolute Gasteiger partial charge is 0.0343 e. The van der Waals surface area contributed by atoms with Crippen LogP contribution in [0.15, 0.2) is 18.2 Å². The summed E-state index contributed by atoms with van der Waals surface area (Å²) in [5.41, 5.74) is 9.62. The lowest BCUT2D eigenvalue weighted by atomic mass is 9.98. The van der Waals surface area contributed by atoms with E-state index in [9.17, 15) is 0 Å². The Morgan fingerprint density at radius 1 is 1.27 bits per heavy atom. The van der Waals surface area contributed by atoms with Crippen molar-refractivity contribution in [3.63, 3.8) is 0 Å². The van der Waals surface area contributed by atoms with Gasteiger partial charge in [0, 0.05) is 18.3 Å². The second-order valence-corrected chi connectivity index (χ2v) is 4.58. The third-order valence-electron chi connectivity index (χ3n) is 2.52. The molecule has 1 unspecified atom stereocenters. The molecule has 0 heterocycles. The summed E-state index contributed by atoms with van der Waals surface area (Å²) < 4.78 is 0. The number of hydrogen-bond donors (Lipinski definition) is 2. The first-order valence-electron chi connectivity index (χ1n) is 5.60. The lowest BCUT2D eigenvalue weighted by Gasteiger charge is -2.13. The number of nitrogens with two attached hydrogens (primary N) is 1. The molecule has 0 aliphatic rings. The van der Waals surface area contributed by atoms with E-state index in [-0.39, 0.29) is 6.04 Å². The summed E-state index contributed by atoms with van der Waals surface area (Å²) in [7, 11) is 0. The van der Waals surface area contributed by atoms with Gasteiger partial charge in [-0.25, -0.2) is 0 Å².